The molecule has 1 aromatic heterocycles. The number of rotatable bonds is 7. The molecule has 5 rings (SSSR count). The second kappa shape index (κ2) is 10.8. The molecule has 4 aromatic rings. The summed E-state index contributed by atoms with van der Waals surface area (Å²) in [4.78, 5) is 52.4. The second-order valence-electron chi connectivity index (χ2n) is 10.1. The van der Waals surface area contributed by atoms with Crippen LogP contribution >= 0.6 is 0 Å². The molecular weight excluding hydrogens is 555 g/mol. The van der Waals surface area contributed by atoms with Gasteiger partial charge < -0.3 is 13.9 Å². The molecule has 0 saturated heterocycles. The molecule has 0 N–H and O–H groups in total. The van der Waals surface area contributed by atoms with Gasteiger partial charge in [0.2, 0.25) is 11.2 Å². The lowest BCUT2D eigenvalue weighted by molar-refractivity contribution is -0.154. The highest BCUT2D eigenvalue weighted by atomic mass is 19.4. The number of carbonyl (C=O) groups is 3. The Hall–Kier alpha value is -4.93. The van der Waals surface area contributed by atoms with Crippen LogP contribution in [0, 0.1) is 5.92 Å². The maximum Gasteiger partial charge on any atom is 0.453 e. The van der Waals surface area contributed by atoms with Gasteiger partial charge >= 0.3 is 12.1 Å². The SMILES string of the molecule is CCc1ccc(Oc2c(C(F)(F)F)oc3cc(OC(=O)c4ccc5c(c4)C(=O)N(CC(C)C)C5=O)ccc3c2=O)cc1. The summed E-state index contributed by atoms with van der Waals surface area (Å²) in [5.74, 6) is -4.75. The van der Waals surface area contributed by atoms with Crippen molar-refractivity contribution < 1.29 is 41.4 Å². The first-order chi connectivity index (χ1) is 19.9. The van der Waals surface area contributed by atoms with Crippen LogP contribution in [-0.4, -0.2) is 29.2 Å². The standard InChI is InChI=1S/C31H24F3NO7/c1-4-17-5-8-19(9-6-17)40-26-25(36)22-12-10-20(14-24(22)42-27(26)31(32,33)34)41-30(39)18-7-11-21-23(13-18)29(38)35(28(21)37)15-16(2)3/h5-14,16H,4,15H2,1-3H3. The van der Waals surface area contributed by atoms with Gasteiger partial charge in [-0.25, -0.2) is 4.79 Å². The largest absolute Gasteiger partial charge is 0.453 e. The van der Waals surface area contributed by atoms with Crippen molar-refractivity contribution >= 4 is 28.8 Å². The first kappa shape index (κ1) is 28.6. The van der Waals surface area contributed by atoms with Gasteiger partial charge in [-0.2, -0.15) is 13.2 Å². The van der Waals surface area contributed by atoms with Gasteiger partial charge in [0.25, 0.3) is 17.6 Å². The number of halogens is 3. The topological polar surface area (TPSA) is 103 Å². The number of nitrogens with zero attached hydrogens (tertiary/aromatic N) is 1. The van der Waals surface area contributed by atoms with E-state index in [0.717, 1.165) is 22.6 Å². The Morgan fingerprint density at radius 2 is 1.57 bits per heavy atom. The molecule has 1 aliphatic heterocycles. The van der Waals surface area contributed by atoms with E-state index in [0.29, 0.717) is 6.42 Å². The van der Waals surface area contributed by atoms with Crippen LogP contribution in [0.3, 0.4) is 0 Å². The molecule has 2 heterocycles. The van der Waals surface area contributed by atoms with Crippen molar-refractivity contribution in [1.82, 2.24) is 4.90 Å². The molecule has 216 valence electrons. The van der Waals surface area contributed by atoms with Gasteiger partial charge in [-0.1, -0.05) is 32.9 Å². The molecule has 0 aliphatic carbocycles. The third-order valence-electron chi connectivity index (χ3n) is 6.60. The van der Waals surface area contributed by atoms with Crippen LogP contribution in [-0.2, 0) is 12.6 Å². The molecule has 0 atom stereocenters. The number of ether oxygens (including phenoxy) is 2. The summed E-state index contributed by atoms with van der Waals surface area (Å²) in [6.07, 6.45) is -4.36. The number of carbonyl (C=O) groups excluding carboxylic acids is 3. The maximum absolute atomic E-state index is 13.9. The number of fused-ring (bicyclic) bond motifs is 2. The summed E-state index contributed by atoms with van der Waals surface area (Å²) in [5.41, 5.74) is -0.468. The predicted molar refractivity (Wildman–Crippen MR) is 145 cm³/mol. The van der Waals surface area contributed by atoms with Crippen molar-refractivity contribution in [2.24, 2.45) is 5.92 Å². The zero-order valence-corrected chi connectivity index (χ0v) is 22.7. The summed E-state index contributed by atoms with van der Waals surface area (Å²) in [7, 11) is 0. The Labute approximate surface area is 237 Å². The molecule has 1 aliphatic rings. The van der Waals surface area contributed by atoms with Gasteiger partial charge in [-0.15, -0.1) is 0 Å². The normalized spacial score (nSPS) is 13.2. The van der Waals surface area contributed by atoms with E-state index < -0.39 is 46.5 Å². The van der Waals surface area contributed by atoms with E-state index in [4.69, 9.17) is 13.9 Å². The molecular formula is C31H24F3NO7. The smallest absolute Gasteiger partial charge is 0.449 e. The molecule has 0 radical (unpaired) electrons. The lowest BCUT2D eigenvalue weighted by atomic mass is 10.1. The van der Waals surface area contributed by atoms with Gasteiger partial charge in [-0.3, -0.25) is 19.3 Å². The summed E-state index contributed by atoms with van der Waals surface area (Å²) in [6.45, 7) is 5.84. The van der Waals surface area contributed by atoms with Crippen molar-refractivity contribution in [3.8, 4) is 17.2 Å². The maximum atomic E-state index is 13.9. The van der Waals surface area contributed by atoms with Crippen LogP contribution in [0.2, 0.25) is 0 Å². The molecule has 0 fully saturated rings. The Kier molecular flexibility index (Phi) is 7.36. The van der Waals surface area contributed by atoms with Crippen molar-refractivity contribution in [1.29, 1.82) is 0 Å². The van der Waals surface area contributed by atoms with E-state index in [2.05, 4.69) is 0 Å². The lowest BCUT2D eigenvalue weighted by Gasteiger charge is -2.15. The van der Waals surface area contributed by atoms with Crippen LogP contribution < -0.4 is 14.9 Å². The zero-order valence-electron chi connectivity index (χ0n) is 22.7. The third kappa shape index (κ3) is 5.37. The fourth-order valence-corrected chi connectivity index (χ4v) is 4.52. The first-order valence-corrected chi connectivity index (χ1v) is 13.0. The number of esters is 1. The summed E-state index contributed by atoms with van der Waals surface area (Å²) < 4.78 is 57.5. The Balaban J connectivity index is 1.45. The molecule has 3 aromatic carbocycles. The minimum absolute atomic E-state index is 0.0248. The van der Waals surface area contributed by atoms with Gasteiger partial charge in [0, 0.05) is 12.6 Å². The number of imide groups is 1. The van der Waals surface area contributed by atoms with E-state index in [-0.39, 0.29) is 46.0 Å². The molecule has 11 heteroatoms. The van der Waals surface area contributed by atoms with Gasteiger partial charge in [-0.05, 0) is 60.4 Å². The fourth-order valence-electron chi connectivity index (χ4n) is 4.52. The van der Waals surface area contributed by atoms with Crippen LogP contribution in [0.4, 0.5) is 13.2 Å². The minimum atomic E-state index is -5.07. The average Bonchev–Trinajstić information content (AvgIpc) is 3.18. The number of aryl methyl sites for hydroxylation is 1. The number of amides is 2. The Morgan fingerprint density at radius 1 is 0.905 bits per heavy atom. The number of hydrogen-bond donors (Lipinski definition) is 0. The van der Waals surface area contributed by atoms with E-state index in [1.165, 1.54) is 36.4 Å². The molecule has 2 amide bonds. The van der Waals surface area contributed by atoms with Gasteiger partial charge in [0.1, 0.15) is 17.1 Å². The van der Waals surface area contributed by atoms with Crippen LogP contribution in [0.5, 0.6) is 17.2 Å². The highest BCUT2D eigenvalue weighted by Gasteiger charge is 2.41. The Morgan fingerprint density at radius 3 is 2.21 bits per heavy atom. The predicted octanol–water partition coefficient (Wildman–Crippen LogP) is 6.64. The summed E-state index contributed by atoms with van der Waals surface area (Å²) in [5, 5.41) is -0.227. The van der Waals surface area contributed by atoms with Gasteiger partial charge in [0.15, 0.2) is 0 Å². The summed E-state index contributed by atoms with van der Waals surface area (Å²) in [6, 6.07) is 13.5. The molecule has 8 nitrogen and oxygen atoms in total. The zero-order chi connectivity index (χ0) is 30.3. The Bertz CT molecular complexity index is 1790. The molecule has 0 bridgehead atoms. The quantitative estimate of drug-likeness (QED) is 0.137. The van der Waals surface area contributed by atoms with E-state index in [9.17, 15) is 32.3 Å². The van der Waals surface area contributed by atoms with Crippen LogP contribution in [0.1, 0.15) is 63.2 Å². The van der Waals surface area contributed by atoms with Crippen molar-refractivity contribution in [2.45, 2.75) is 33.4 Å². The minimum Gasteiger partial charge on any atom is -0.449 e. The molecule has 0 unspecified atom stereocenters. The molecule has 42 heavy (non-hydrogen) atoms. The highest BCUT2D eigenvalue weighted by Crippen LogP contribution is 2.39. The van der Waals surface area contributed by atoms with Gasteiger partial charge in [0.05, 0.1) is 22.1 Å². The molecule has 0 spiro atoms. The highest BCUT2D eigenvalue weighted by molar-refractivity contribution is 6.22. The fraction of sp³-hybridized carbons (Fsp3) is 0.226. The number of hydrogen-bond acceptors (Lipinski definition) is 7. The first-order valence-electron chi connectivity index (χ1n) is 13.0. The van der Waals surface area contributed by atoms with E-state index >= 15 is 0 Å². The number of benzene rings is 3. The third-order valence-corrected chi connectivity index (χ3v) is 6.60. The summed E-state index contributed by atoms with van der Waals surface area (Å²) >= 11 is 0. The van der Waals surface area contributed by atoms with E-state index in [1.54, 1.807) is 12.1 Å². The second-order valence-corrected chi connectivity index (χ2v) is 10.1. The van der Waals surface area contributed by atoms with Crippen molar-refractivity contribution in [3.63, 3.8) is 0 Å². The van der Waals surface area contributed by atoms with Crippen molar-refractivity contribution in [2.75, 3.05) is 6.54 Å². The van der Waals surface area contributed by atoms with Crippen LogP contribution in [0.25, 0.3) is 11.0 Å². The van der Waals surface area contributed by atoms with E-state index in [1.807, 2.05) is 20.8 Å². The van der Waals surface area contributed by atoms with Crippen LogP contribution in [0.15, 0.2) is 69.9 Å². The monoisotopic (exact) mass is 579 g/mol. The molecule has 0 saturated carbocycles. The number of alkyl halides is 3. The average molecular weight is 580 g/mol. The lowest BCUT2D eigenvalue weighted by Crippen LogP contribution is -2.33. The van der Waals surface area contributed by atoms with Crippen molar-refractivity contribution in [3.05, 3.63) is 98.9 Å².